The Morgan fingerprint density at radius 1 is 1.06 bits per heavy atom. The fraction of sp³-hybridized carbons (Fsp3) is 0.472. The van der Waals surface area contributed by atoms with E-state index in [1.807, 2.05) is 45.0 Å². The standard InChI is InChI=1S/C36H46BrN6O9P/c1-20(2)42-15-14-26-9-12-31(34(46)40-27(11-13-32(38)44)21(3)52-19-22-4-7-25(37)8-5-22)43(26)35(47)30(18-42)41-33(45)29-17-24-16-23(6-10-28(24)39-29)36(48)53(49,50)51/h4-8,10,16-17,20-21,26-27,30-31,39H,9,11-15,18-19H2,1-3H3,(H2,38,44)(H,40,46)(H,41,45)(H2,49,50,51)/t21-,26-,27+,30+,31+/m1/s1. The summed E-state index contributed by atoms with van der Waals surface area (Å²) in [6.45, 7) is 6.95. The van der Waals surface area contributed by atoms with Crippen molar-refractivity contribution in [3.63, 3.8) is 0 Å². The number of aromatic amines is 1. The molecule has 3 aromatic rings. The van der Waals surface area contributed by atoms with E-state index in [1.165, 1.54) is 24.3 Å². The van der Waals surface area contributed by atoms with Crippen molar-refractivity contribution < 1.29 is 43.1 Å². The number of carbonyl (C=O) groups is 5. The average molecular weight is 818 g/mol. The third kappa shape index (κ3) is 9.99. The zero-order valence-electron chi connectivity index (χ0n) is 29.8. The summed E-state index contributed by atoms with van der Waals surface area (Å²) in [5.74, 6) is -1.89. The molecule has 15 nitrogen and oxygen atoms in total. The fourth-order valence-corrected chi connectivity index (χ4v) is 7.69. The molecule has 17 heteroatoms. The molecule has 7 N–H and O–H groups in total. The van der Waals surface area contributed by atoms with Crippen molar-refractivity contribution in [3.05, 3.63) is 69.8 Å². The molecule has 0 spiro atoms. The molecule has 3 heterocycles. The van der Waals surface area contributed by atoms with Gasteiger partial charge in [-0.25, -0.2) is 0 Å². The van der Waals surface area contributed by atoms with E-state index in [2.05, 4.69) is 36.4 Å². The zero-order valence-corrected chi connectivity index (χ0v) is 32.3. The van der Waals surface area contributed by atoms with Gasteiger partial charge in [0.05, 0.1) is 18.8 Å². The van der Waals surface area contributed by atoms with Gasteiger partial charge in [-0.05, 0) is 88.4 Å². The normalized spacial score (nSPS) is 20.8. The molecular formula is C36H46BrN6O9P. The van der Waals surface area contributed by atoms with E-state index in [9.17, 15) is 38.3 Å². The van der Waals surface area contributed by atoms with Crippen LogP contribution in [0, 0.1) is 0 Å². The predicted molar refractivity (Wildman–Crippen MR) is 200 cm³/mol. The van der Waals surface area contributed by atoms with Crippen LogP contribution in [-0.2, 0) is 30.3 Å². The van der Waals surface area contributed by atoms with Crippen LogP contribution < -0.4 is 16.4 Å². The summed E-state index contributed by atoms with van der Waals surface area (Å²) in [5, 5.41) is 6.28. The lowest BCUT2D eigenvalue weighted by Gasteiger charge is -2.40. The van der Waals surface area contributed by atoms with E-state index in [-0.39, 0.29) is 55.2 Å². The first-order chi connectivity index (χ1) is 25.0. The number of halogens is 1. The lowest BCUT2D eigenvalue weighted by Crippen LogP contribution is -2.61. The minimum Gasteiger partial charge on any atom is -0.372 e. The Morgan fingerprint density at radius 3 is 2.43 bits per heavy atom. The van der Waals surface area contributed by atoms with Crippen LogP contribution in [0.1, 0.15) is 79.3 Å². The number of nitrogens with two attached hydrogens (primary N) is 1. The molecule has 2 aromatic carbocycles. The summed E-state index contributed by atoms with van der Waals surface area (Å²) < 4.78 is 18.6. The number of ether oxygens (including phenoxy) is 1. The SMILES string of the molecule is CC(C)N1CC[C@H]2CC[C@@H](C(=O)N[C@@H](CCC(N)=O)[C@@H](C)OCc3ccc(Br)cc3)N2C(=O)[C@@H](NC(=O)c2cc3cc(C(=O)P(=O)(O)O)ccc3[nH]2)C1. The molecular weight excluding hydrogens is 771 g/mol. The van der Waals surface area contributed by atoms with E-state index in [0.29, 0.717) is 36.7 Å². The van der Waals surface area contributed by atoms with Gasteiger partial charge in [-0.2, -0.15) is 0 Å². The highest BCUT2D eigenvalue weighted by atomic mass is 79.9. The Hall–Kier alpha value is -3.92. The molecule has 4 amide bonds. The maximum Gasteiger partial charge on any atom is 0.396 e. The molecule has 5 rings (SSSR count). The molecule has 0 unspecified atom stereocenters. The lowest BCUT2D eigenvalue weighted by atomic mass is 10.0. The van der Waals surface area contributed by atoms with Gasteiger partial charge in [0.25, 0.3) is 11.4 Å². The molecule has 0 aliphatic carbocycles. The van der Waals surface area contributed by atoms with Crippen molar-refractivity contribution in [1.82, 2.24) is 25.4 Å². The van der Waals surface area contributed by atoms with Crippen molar-refractivity contribution >= 4 is 63.6 Å². The van der Waals surface area contributed by atoms with E-state index in [4.69, 9.17) is 10.5 Å². The van der Waals surface area contributed by atoms with E-state index in [0.717, 1.165) is 10.0 Å². The number of hydrogen-bond donors (Lipinski definition) is 6. The third-order valence-corrected chi connectivity index (χ3v) is 11.3. The van der Waals surface area contributed by atoms with Crippen LogP contribution in [0.25, 0.3) is 10.9 Å². The minimum atomic E-state index is -5.01. The van der Waals surface area contributed by atoms with Crippen LogP contribution >= 0.6 is 23.5 Å². The zero-order chi connectivity index (χ0) is 38.6. The maximum atomic E-state index is 14.4. The van der Waals surface area contributed by atoms with Crippen LogP contribution in [0.5, 0.6) is 0 Å². The highest BCUT2D eigenvalue weighted by Gasteiger charge is 2.45. The van der Waals surface area contributed by atoms with E-state index >= 15 is 0 Å². The Bertz CT molecular complexity index is 1900. The first kappa shape index (κ1) is 40.3. The molecule has 2 fully saturated rings. The highest BCUT2D eigenvalue weighted by molar-refractivity contribution is 9.10. The molecule has 0 bridgehead atoms. The number of hydrogen-bond acceptors (Lipinski definition) is 8. The number of nitrogens with zero attached hydrogens (tertiary/aromatic N) is 2. The van der Waals surface area contributed by atoms with Crippen molar-refractivity contribution in [2.45, 2.75) is 95.8 Å². The number of benzene rings is 2. The van der Waals surface area contributed by atoms with Crippen LogP contribution in [0.4, 0.5) is 0 Å². The summed E-state index contributed by atoms with van der Waals surface area (Å²) in [5.41, 5.74) is 5.38. The lowest BCUT2D eigenvalue weighted by molar-refractivity contribution is -0.144. The molecule has 286 valence electrons. The molecule has 2 saturated heterocycles. The van der Waals surface area contributed by atoms with Crippen molar-refractivity contribution in [3.8, 4) is 0 Å². The Morgan fingerprint density at radius 2 is 1.77 bits per heavy atom. The number of fused-ring (bicyclic) bond motifs is 2. The molecule has 2 aliphatic heterocycles. The van der Waals surface area contributed by atoms with Crippen LogP contribution in [0.3, 0.4) is 0 Å². The van der Waals surface area contributed by atoms with Crippen LogP contribution in [0.15, 0.2) is 53.0 Å². The molecule has 5 atom stereocenters. The second kappa shape index (κ2) is 17.0. The number of primary amides is 1. The number of rotatable bonds is 14. The Balaban J connectivity index is 1.34. The van der Waals surface area contributed by atoms with Gasteiger partial charge >= 0.3 is 7.60 Å². The predicted octanol–water partition coefficient (Wildman–Crippen LogP) is 3.18. The average Bonchev–Trinajstić information content (AvgIpc) is 3.73. The number of aromatic nitrogens is 1. The number of carbonyl (C=O) groups excluding carboxylic acids is 5. The maximum absolute atomic E-state index is 14.4. The fourth-order valence-electron chi connectivity index (χ4n) is 6.95. The summed E-state index contributed by atoms with van der Waals surface area (Å²) in [6.07, 6.45) is 1.43. The molecule has 53 heavy (non-hydrogen) atoms. The van der Waals surface area contributed by atoms with Crippen molar-refractivity contribution in [1.29, 1.82) is 0 Å². The summed E-state index contributed by atoms with van der Waals surface area (Å²) in [7, 11) is -5.01. The quantitative estimate of drug-likeness (QED) is 0.130. The van der Waals surface area contributed by atoms with Crippen molar-refractivity contribution in [2.24, 2.45) is 5.73 Å². The minimum absolute atomic E-state index is 0.0288. The summed E-state index contributed by atoms with van der Waals surface area (Å²) in [6, 6.07) is 10.5. The van der Waals surface area contributed by atoms with Gasteiger partial charge in [-0.3, -0.25) is 33.4 Å². The van der Waals surface area contributed by atoms with Gasteiger partial charge in [0.1, 0.15) is 17.8 Å². The molecule has 2 aliphatic rings. The summed E-state index contributed by atoms with van der Waals surface area (Å²) >= 11 is 3.42. The smallest absolute Gasteiger partial charge is 0.372 e. The summed E-state index contributed by atoms with van der Waals surface area (Å²) in [4.78, 5) is 91.3. The number of H-pyrrole nitrogens is 1. The van der Waals surface area contributed by atoms with Gasteiger partial charge < -0.3 is 40.8 Å². The second-order valence-corrected chi connectivity index (χ2v) is 16.4. The number of nitrogens with one attached hydrogen (secondary N) is 3. The Kier molecular flexibility index (Phi) is 12.9. The van der Waals surface area contributed by atoms with Gasteiger partial charge in [0, 0.05) is 52.5 Å². The molecule has 0 radical (unpaired) electrons. The van der Waals surface area contributed by atoms with Crippen LogP contribution in [-0.4, -0.2) is 103 Å². The molecule has 1 aromatic heterocycles. The third-order valence-electron chi connectivity index (χ3n) is 9.96. The molecule has 0 saturated carbocycles. The Labute approximate surface area is 315 Å². The van der Waals surface area contributed by atoms with Gasteiger partial charge in [-0.15, -0.1) is 0 Å². The van der Waals surface area contributed by atoms with E-state index in [1.54, 1.807) is 4.90 Å². The van der Waals surface area contributed by atoms with Gasteiger partial charge in [0.2, 0.25) is 17.7 Å². The number of amides is 4. The topological polar surface area (TPSA) is 224 Å². The van der Waals surface area contributed by atoms with Gasteiger partial charge in [-0.1, -0.05) is 28.1 Å². The van der Waals surface area contributed by atoms with Crippen LogP contribution in [0.2, 0.25) is 0 Å². The highest BCUT2D eigenvalue weighted by Crippen LogP contribution is 2.39. The van der Waals surface area contributed by atoms with Crippen molar-refractivity contribution in [2.75, 3.05) is 13.1 Å². The first-order valence-corrected chi connectivity index (χ1v) is 20.0. The van der Waals surface area contributed by atoms with Gasteiger partial charge in [0.15, 0.2) is 0 Å². The van der Waals surface area contributed by atoms with E-state index < -0.39 is 55.1 Å². The monoisotopic (exact) mass is 816 g/mol. The first-order valence-electron chi connectivity index (χ1n) is 17.6. The largest absolute Gasteiger partial charge is 0.396 e. The second-order valence-electron chi connectivity index (χ2n) is 14.0.